The van der Waals surface area contributed by atoms with Gasteiger partial charge in [0.2, 0.25) is 0 Å². The minimum absolute atomic E-state index is 0.0463. The molecule has 3 nitrogen and oxygen atoms in total. The lowest BCUT2D eigenvalue weighted by molar-refractivity contribution is -0.143. The molecule has 0 aliphatic rings. The van der Waals surface area contributed by atoms with Gasteiger partial charge in [0.1, 0.15) is 16.9 Å². The molecule has 6 heteroatoms. The SMILES string of the molecule is CCCOC(=O)C(Sc1cc(N)c(F)cc1F)C(C)C. The maximum Gasteiger partial charge on any atom is 0.319 e. The molecule has 1 aromatic carbocycles. The molecule has 0 spiro atoms. The van der Waals surface area contributed by atoms with Crippen molar-refractivity contribution < 1.29 is 18.3 Å². The van der Waals surface area contributed by atoms with Crippen LogP contribution in [0.4, 0.5) is 14.5 Å². The Kier molecular flexibility index (Phi) is 6.26. The molecule has 1 atom stereocenters. The second-order valence-electron chi connectivity index (χ2n) is 4.75. The number of anilines is 1. The molecule has 0 saturated carbocycles. The number of benzene rings is 1. The Bertz CT molecular complexity index is 480. The zero-order valence-electron chi connectivity index (χ0n) is 11.8. The van der Waals surface area contributed by atoms with Gasteiger partial charge >= 0.3 is 5.97 Å². The molecule has 0 aliphatic carbocycles. The number of halogens is 2. The predicted octanol–water partition coefficient (Wildman–Crippen LogP) is 3.62. The van der Waals surface area contributed by atoms with Crippen LogP contribution in [-0.2, 0) is 9.53 Å². The zero-order valence-corrected chi connectivity index (χ0v) is 12.6. The van der Waals surface area contributed by atoms with Crippen molar-refractivity contribution in [3.8, 4) is 0 Å². The topological polar surface area (TPSA) is 52.3 Å². The molecule has 0 fully saturated rings. The van der Waals surface area contributed by atoms with Crippen molar-refractivity contribution in [1.82, 2.24) is 0 Å². The molecular weight excluding hydrogens is 284 g/mol. The molecule has 0 radical (unpaired) electrons. The first-order valence-corrected chi connectivity index (χ1v) is 7.32. The summed E-state index contributed by atoms with van der Waals surface area (Å²) in [5, 5.41) is -0.555. The van der Waals surface area contributed by atoms with Crippen molar-refractivity contribution in [2.75, 3.05) is 12.3 Å². The number of nitrogens with two attached hydrogens (primary N) is 1. The number of carbonyl (C=O) groups excluding carboxylic acids is 1. The maximum absolute atomic E-state index is 13.7. The number of esters is 1. The van der Waals surface area contributed by atoms with Gasteiger partial charge in [0.25, 0.3) is 0 Å². The van der Waals surface area contributed by atoms with Crippen molar-refractivity contribution in [3.05, 3.63) is 23.8 Å². The van der Waals surface area contributed by atoms with Gasteiger partial charge in [-0.1, -0.05) is 20.8 Å². The van der Waals surface area contributed by atoms with E-state index in [0.717, 1.165) is 24.2 Å². The van der Waals surface area contributed by atoms with Gasteiger partial charge in [-0.15, -0.1) is 11.8 Å². The van der Waals surface area contributed by atoms with Crippen LogP contribution in [0.25, 0.3) is 0 Å². The number of hydrogen-bond acceptors (Lipinski definition) is 4. The molecule has 112 valence electrons. The van der Waals surface area contributed by atoms with Gasteiger partial charge in [-0.25, -0.2) is 8.78 Å². The van der Waals surface area contributed by atoms with E-state index in [9.17, 15) is 13.6 Å². The van der Waals surface area contributed by atoms with Crippen molar-refractivity contribution in [2.45, 2.75) is 37.3 Å². The van der Waals surface area contributed by atoms with Crippen LogP contribution >= 0.6 is 11.8 Å². The molecule has 0 aliphatic heterocycles. The molecule has 1 aromatic rings. The molecule has 20 heavy (non-hydrogen) atoms. The second-order valence-corrected chi connectivity index (χ2v) is 5.94. The first kappa shape index (κ1) is 16.8. The summed E-state index contributed by atoms with van der Waals surface area (Å²) in [6.07, 6.45) is 0.721. The van der Waals surface area contributed by atoms with Gasteiger partial charge in [-0.2, -0.15) is 0 Å². The molecule has 0 aromatic heterocycles. The third-order valence-corrected chi connectivity index (χ3v) is 4.15. The summed E-state index contributed by atoms with van der Waals surface area (Å²) in [4.78, 5) is 12.1. The second kappa shape index (κ2) is 7.47. The monoisotopic (exact) mass is 303 g/mol. The van der Waals surface area contributed by atoms with E-state index >= 15 is 0 Å². The Labute approximate surface area is 121 Å². The van der Waals surface area contributed by atoms with E-state index in [1.54, 1.807) is 0 Å². The van der Waals surface area contributed by atoms with Gasteiger partial charge in [0, 0.05) is 11.0 Å². The largest absolute Gasteiger partial charge is 0.465 e. The lowest BCUT2D eigenvalue weighted by Gasteiger charge is -2.19. The summed E-state index contributed by atoms with van der Waals surface area (Å²) in [6, 6.07) is 1.93. The highest BCUT2D eigenvalue weighted by atomic mass is 32.2. The smallest absolute Gasteiger partial charge is 0.319 e. The van der Waals surface area contributed by atoms with E-state index in [2.05, 4.69) is 0 Å². The third kappa shape index (κ3) is 4.37. The Morgan fingerprint density at radius 2 is 2.00 bits per heavy atom. The van der Waals surface area contributed by atoms with Crippen LogP contribution in [-0.4, -0.2) is 17.8 Å². The quantitative estimate of drug-likeness (QED) is 0.495. The Morgan fingerprint density at radius 3 is 2.55 bits per heavy atom. The fourth-order valence-electron chi connectivity index (χ4n) is 1.51. The summed E-state index contributed by atoms with van der Waals surface area (Å²) in [5.74, 6) is -1.97. The molecular formula is C14H19F2NO2S. The van der Waals surface area contributed by atoms with Crippen LogP contribution in [0.15, 0.2) is 17.0 Å². The molecule has 0 bridgehead atoms. The molecule has 1 unspecified atom stereocenters. The van der Waals surface area contributed by atoms with Crippen molar-refractivity contribution in [2.24, 2.45) is 5.92 Å². The Hall–Kier alpha value is -1.30. The van der Waals surface area contributed by atoms with Crippen molar-refractivity contribution in [1.29, 1.82) is 0 Å². The maximum atomic E-state index is 13.7. The predicted molar refractivity (Wildman–Crippen MR) is 76.5 cm³/mol. The minimum Gasteiger partial charge on any atom is -0.465 e. The van der Waals surface area contributed by atoms with Crippen LogP contribution < -0.4 is 5.73 Å². The van der Waals surface area contributed by atoms with E-state index in [1.807, 2.05) is 20.8 Å². The average Bonchev–Trinajstić information content (AvgIpc) is 2.38. The van der Waals surface area contributed by atoms with Gasteiger partial charge in [0.15, 0.2) is 0 Å². The Balaban J connectivity index is 2.91. The Morgan fingerprint density at radius 1 is 1.35 bits per heavy atom. The number of hydrogen-bond donors (Lipinski definition) is 1. The van der Waals surface area contributed by atoms with Crippen molar-refractivity contribution in [3.63, 3.8) is 0 Å². The van der Waals surface area contributed by atoms with Gasteiger partial charge < -0.3 is 10.5 Å². The summed E-state index contributed by atoms with van der Waals surface area (Å²) < 4.78 is 31.9. The number of nitrogen functional groups attached to an aromatic ring is 1. The van der Waals surface area contributed by atoms with Crippen LogP contribution in [0.1, 0.15) is 27.2 Å². The summed E-state index contributed by atoms with van der Waals surface area (Å²) in [5.41, 5.74) is 5.29. The molecule has 0 amide bonds. The van der Waals surface area contributed by atoms with Gasteiger partial charge in [-0.05, 0) is 18.4 Å². The van der Waals surface area contributed by atoms with E-state index in [-0.39, 0.29) is 16.5 Å². The van der Waals surface area contributed by atoms with Gasteiger partial charge in [-0.3, -0.25) is 4.79 Å². The highest BCUT2D eigenvalue weighted by molar-refractivity contribution is 8.00. The molecule has 0 heterocycles. The first-order chi connectivity index (χ1) is 9.36. The molecule has 2 N–H and O–H groups in total. The molecule has 1 rings (SSSR count). The van der Waals surface area contributed by atoms with E-state index in [4.69, 9.17) is 10.5 Å². The first-order valence-electron chi connectivity index (χ1n) is 6.44. The number of carbonyl (C=O) groups is 1. The minimum atomic E-state index is -0.804. The summed E-state index contributed by atoms with van der Waals surface area (Å²) in [6.45, 7) is 5.91. The normalized spacial score (nSPS) is 12.5. The lowest BCUT2D eigenvalue weighted by Crippen LogP contribution is -2.26. The number of rotatable bonds is 6. The fraction of sp³-hybridized carbons (Fsp3) is 0.500. The molecule has 0 saturated heterocycles. The summed E-state index contributed by atoms with van der Waals surface area (Å²) >= 11 is 1.01. The van der Waals surface area contributed by atoms with Crippen LogP contribution in [0.5, 0.6) is 0 Å². The van der Waals surface area contributed by atoms with Gasteiger partial charge in [0.05, 0.1) is 12.3 Å². The number of thioether (sulfide) groups is 1. The summed E-state index contributed by atoms with van der Waals surface area (Å²) in [7, 11) is 0. The fourth-order valence-corrected chi connectivity index (χ4v) is 2.59. The lowest BCUT2D eigenvalue weighted by atomic mass is 10.1. The van der Waals surface area contributed by atoms with Crippen LogP contribution in [0.2, 0.25) is 0 Å². The van der Waals surface area contributed by atoms with E-state index in [1.165, 1.54) is 6.07 Å². The van der Waals surface area contributed by atoms with Crippen LogP contribution in [0.3, 0.4) is 0 Å². The zero-order chi connectivity index (χ0) is 15.3. The highest BCUT2D eigenvalue weighted by Gasteiger charge is 2.26. The van der Waals surface area contributed by atoms with E-state index in [0.29, 0.717) is 6.61 Å². The highest BCUT2D eigenvalue weighted by Crippen LogP contribution is 2.33. The number of ether oxygens (including phenoxy) is 1. The standard InChI is InChI=1S/C14H19F2NO2S/c1-4-5-19-14(18)13(8(2)3)20-12-7-11(17)9(15)6-10(12)16/h6-8,13H,4-5,17H2,1-3H3. The third-order valence-electron chi connectivity index (χ3n) is 2.59. The van der Waals surface area contributed by atoms with Crippen molar-refractivity contribution >= 4 is 23.4 Å². The van der Waals surface area contributed by atoms with Crippen LogP contribution in [0, 0.1) is 17.6 Å². The van der Waals surface area contributed by atoms with E-state index < -0.39 is 22.9 Å². The average molecular weight is 303 g/mol.